The monoisotopic (exact) mass is 359 g/mol. The second kappa shape index (κ2) is 7.42. The van der Waals surface area contributed by atoms with Crippen LogP contribution >= 0.6 is 0 Å². The number of likely N-dealkylation sites (N-methyl/N-ethyl adjacent to an activating group) is 1. The minimum absolute atomic E-state index is 0.357. The third kappa shape index (κ3) is 3.41. The van der Waals surface area contributed by atoms with Crippen molar-refractivity contribution in [3.63, 3.8) is 0 Å². The maximum Gasteiger partial charge on any atom is 0.103 e. The number of piperidine rings is 1. The van der Waals surface area contributed by atoms with Crippen molar-refractivity contribution in [2.24, 2.45) is 5.92 Å². The molecule has 2 atom stereocenters. The van der Waals surface area contributed by atoms with Gasteiger partial charge in [-0.3, -0.25) is 4.90 Å². The number of anilines is 1. The van der Waals surface area contributed by atoms with Crippen LogP contribution in [0.5, 0.6) is 0 Å². The highest BCUT2D eigenvalue weighted by Crippen LogP contribution is 2.31. The number of hydrogen-bond donors (Lipinski definition) is 0. The molecule has 0 aliphatic carbocycles. The first-order valence-corrected chi connectivity index (χ1v) is 9.53. The molecule has 1 aliphatic rings. The van der Waals surface area contributed by atoms with Crippen LogP contribution in [0, 0.1) is 17.2 Å². The number of benzene rings is 1. The Balaban J connectivity index is 1.61. The Hall–Kier alpha value is -2.84. The largest absolute Gasteiger partial charge is 0.367 e. The van der Waals surface area contributed by atoms with E-state index < -0.39 is 0 Å². The number of rotatable bonds is 4. The van der Waals surface area contributed by atoms with Crippen molar-refractivity contribution in [2.45, 2.75) is 25.9 Å². The summed E-state index contributed by atoms with van der Waals surface area (Å²) in [7, 11) is 2.12. The van der Waals surface area contributed by atoms with Crippen LogP contribution in [-0.2, 0) is 6.54 Å². The van der Waals surface area contributed by atoms with Crippen molar-refractivity contribution in [3.8, 4) is 6.07 Å². The summed E-state index contributed by atoms with van der Waals surface area (Å²) in [6.07, 6.45) is 4.76. The molecule has 2 aromatic heterocycles. The van der Waals surface area contributed by atoms with E-state index >= 15 is 0 Å². The molecule has 3 heterocycles. The second-order valence-corrected chi connectivity index (χ2v) is 7.52. The van der Waals surface area contributed by atoms with Crippen molar-refractivity contribution in [1.29, 1.82) is 5.26 Å². The molecule has 0 amide bonds. The topological polar surface area (TPSA) is 47.6 Å². The predicted molar refractivity (Wildman–Crippen MR) is 108 cm³/mol. The normalized spacial score (nSPS) is 20.5. The average molecular weight is 359 g/mol. The van der Waals surface area contributed by atoms with Crippen molar-refractivity contribution in [3.05, 3.63) is 66.0 Å². The third-order valence-corrected chi connectivity index (χ3v) is 5.76. The van der Waals surface area contributed by atoms with E-state index in [1.807, 2.05) is 22.8 Å². The minimum Gasteiger partial charge on any atom is -0.367 e. The summed E-state index contributed by atoms with van der Waals surface area (Å²) in [6.45, 7) is 5.40. The fourth-order valence-corrected chi connectivity index (χ4v) is 4.20. The zero-order chi connectivity index (χ0) is 18.8. The van der Waals surface area contributed by atoms with E-state index in [-0.39, 0.29) is 0 Å². The Morgan fingerprint density at radius 2 is 2.04 bits per heavy atom. The second-order valence-electron chi connectivity index (χ2n) is 7.52. The molecule has 0 saturated carbocycles. The van der Waals surface area contributed by atoms with Crippen molar-refractivity contribution < 1.29 is 0 Å². The first-order valence-electron chi connectivity index (χ1n) is 9.53. The number of nitrogens with zero attached hydrogens (tertiary/aromatic N) is 5. The molecule has 1 aliphatic heterocycles. The Bertz CT molecular complexity index is 956. The molecule has 27 heavy (non-hydrogen) atoms. The smallest absolute Gasteiger partial charge is 0.103 e. The van der Waals surface area contributed by atoms with Crippen LogP contribution in [0.1, 0.15) is 24.5 Å². The van der Waals surface area contributed by atoms with E-state index in [0.29, 0.717) is 17.5 Å². The number of likely N-dealkylation sites (tertiary alicyclic amines) is 1. The minimum atomic E-state index is 0.357. The van der Waals surface area contributed by atoms with Gasteiger partial charge in [0.15, 0.2) is 0 Å². The summed E-state index contributed by atoms with van der Waals surface area (Å²) in [6, 6.07) is 17.4. The van der Waals surface area contributed by atoms with E-state index in [4.69, 9.17) is 0 Å². The zero-order valence-electron chi connectivity index (χ0n) is 15.9. The SMILES string of the molecule is CC1CCN(Cc2ccccc2)CC1N(C)c1c(C#N)cnn2cccc12. The van der Waals surface area contributed by atoms with Gasteiger partial charge in [-0.2, -0.15) is 10.4 Å². The first kappa shape index (κ1) is 17.6. The lowest BCUT2D eigenvalue weighted by atomic mass is 9.91. The predicted octanol–water partition coefficient (Wildman–Crippen LogP) is 3.55. The molecule has 1 aromatic carbocycles. The lowest BCUT2D eigenvalue weighted by Crippen LogP contribution is -2.51. The molecule has 4 rings (SSSR count). The standard InChI is InChI=1S/C22H25N5/c1-17-10-12-26(15-18-7-4-3-5-8-18)16-21(17)25(2)22-19(13-23)14-24-27-11-6-9-20(22)27/h3-9,11,14,17,21H,10,12,15-16H2,1-2H3. The van der Waals surface area contributed by atoms with Gasteiger partial charge in [-0.15, -0.1) is 0 Å². The van der Waals surface area contributed by atoms with Crippen LogP contribution in [0.2, 0.25) is 0 Å². The maximum absolute atomic E-state index is 9.64. The summed E-state index contributed by atoms with van der Waals surface area (Å²) in [5.74, 6) is 0.566. The van der Waals surface area contributed by atoms with Crippen molar-refractivity contribution in [1.82, 2.24) is 14.5 Å². The van der Waals surface area contributed by atoms with Gasteiger partial charge in [0.25, 0.3) is 0 Å². The molecule has 2 unspecified atom stereocenters. The van der Waals surface area contributed by atoms with Crippen molar-refractivity contribution in [2.75, 3.05) is 25.0 Å². The quantitative estimate of drug-likeness (QED) is 0.715. The Morgan fingerprint density at radius 1 is 1.22 bits per heavy atom. The number of aromatic nitrogens is 2. The van der Waals surface area contributed by atoms with Crippen LogP contribution in [-0.4, -0.2) is 40.7 Å². The van der Waals surface area contributed by atoms with Crippen LogP contribution in [0.15, 0.2) is 54.9 Å². The molecular weight excluding hydrogens is 334 g/mol. The molecule has 0 radical (unpaired) electrons. The highest BCUT2D eigenvalue weighted by Gasteiger charge is 2.31. The highest BCUT2D eigenvalue weighted by molar-refractivity contribution is 5.78. The van der Waals surface area contributed by atoms with E-state index in [2.05, 4.69) is 65.3 Å². The molecule has 5 nitrogen and oxygen atoms in total. The van der Waals surface area contributed by atoms with Gasteiger partial charge in [-0.1, -0.05) is 37.3 Å². The zero-order valence-corrected chi connectivity index (χ0v) is 15.9. The summed E-state index contributed by atoms with van der Waals surface area (Å²) < 4.78 is 1.85. The van der Waals surface area contributed by atoms with Gasteiger partial charge < -0.3 is 4.90 Å². The summed E-state index contributed by atoms with van der Waals surface area (Å²) in [5, 5.41) is 14.0. The summed E-state index contributed by atoms with van der Waals surface area (Å²) >= 11 is 0. The average Bonchev–Trinajstić information content (AvgIpc) is 3.17. The van der Waals surface area contributed by atoms with Gasteiger partial charge in [-0.05, 0) is 36.6 Å². The van der Waals surface area contributed by atoms with Crippen molar-refractivity contribution >= 4 is 11.2 Å². The highest BCUT2D eigenvalue weighted by atomic mass is 15.3. The van der Waals surface area contributed by atoms with Crippen LogP contribution in [0.4, 0.5) is 5.69 Å². The summed E-state index contributed by atoms with van der Waals surface area (Å²) in [4.78, 5) is 4.83. The number of fused-ring (bicyclic) bond motifs is 1. The van der Waals surface area contributed by atoms with Crippen LogP contribution in [0.25, 0.3) is 5.52 Å². The van der Waals surface area contributed by atoms with Gasteiger partial charge in [0.1, 0.15) is 6.07 Å². The molecule has 5 heteroatoms. The summed E-state index contributed by atoms with van der Waals surface area (Å²) in [5.41, 5.74) is 3.96. The van der Waals surface area contributed by atoms with Gasteiger partial charge >= 0.3 is 0 Å². The Kier molecular flexibility index (Phi) is 4.83. The maximum atomic E-state index is 9.64. The molecule has 0 bridgehead atoms. The van der Waals surface area contributed by atoms with Crippen LogP contribution in [0.3, 0.4) is 0 Å². The molecule has 1 saturated heterocycles. The van der Waals surface area contributed by atoms with Gasteiger partial charge in [0.2, 0.25) is 0 Å². The molecule has 0 N–H and O–H groups in total. The Morgan fingerprint density at radius 3 is 2.81 bits per heavy atom. The molecule has 138 valence electrons. The van der Waals surface area contributed by atoms with Gasteiger partial charge in [-0.25, -0.2) is 4.52 Å². The third-order valence-electron chi connectivity index (χ3n) is 5.76. The van der Waals surface area contributed by atoms with Crippen LogP contribution < -0.4 is 4.90 Å². The van der Waals surface area contributed by atoms with E-state index in [9.17, 15) is 5.26 Å². The fourth-order valence-electron chi connectivity index (χ4n) is 4.20. The molecule has 1 fully saturated rings. The van der Waals surface area contributed by atoms with E-state index in [1.54, 1.807) is 6.20 Å². The molecule has 3 aromatic rings. The Labute approximate surface area is 160 Å². The van der Waals surface area contributed by atoms with E-state index in [1.165, 1.54) is 5.56 Å². The number of nitriles is 1. The van der Waals surface area contributed by atoms with Gasteiger partial charge in [0, 0.05) is 32.4 Å². The molecule has 0 spiro atoms. The number of hydrogen-bond acceptors (Lipinski definition) is 4. The van der Waals surface area contributed by atoms with Gasteiger partial charge in [0.05, 0.1) is 23.0 Å². The first-order chi connectivity index (χ1) is 13.2. The lowest BCUT2D eigenvalue weighted by molar-refractivity contribution is 0.159. The fraction of sp³-hybridized carbons (Fsp3) is 0.364. The molecular formula is C22H25N5. The lowest BCUT2D eigenvalue weighted by Gasteiger charge is -2.43. The van der Waals surface area contributed by atoms with E-state index in [0.717, 1.165) is 37.3 Å².